The number of aliphatic hydroxyl groups is 3. The van der Waals surface area contributed by atoms with Crippen LogP contribution in [0.5, 0.6) is 0 Å². The number of fused-ring (bicyclic) bond motifs is 1. The first-order chi connectivity index (χ1) is 11.1. The van der Waals surface area contributed by atoms with Crippen LogP contribution < -0.4 is 11.3 Å². The van der Waals surface area contributed by atoms with Crippen molar-refractivity contribution in [3.8, 4) is 0 Å². The number of nitrogen functional groups attached to an aromatic ring is 1. The highest BCUT2D eigenvalue weighted by Crippen LogP contribution is 2.33. The van der Waals surface area contributed by atoms with Crippen LogP contribution in [0.4, 0.5) is 5.95 Å². The van der Waals surface area contributed by atoms with Crippen molar-refractivity contribution in [1.29, 1.82) is 0 Å². The molecule has 0 bridgehead atoms. The number of aromatic amines is 1. The van der Waals surface area contributed by atoms with Gasteiger partial charge in [-0.25, -0.2) is 13.4 Å². The van der Waals surface area contributed by atoms with Crippen LogP contribution in [-0.2, 0) is 14.6 Å². The zero-order valence-electron chi connectivity index (χ0n) is 12.3. The van der Waals surface area contributed by atoms with E-state index in [2.05, 4.69) is 15.0 Å². The van der Waals surface area contributed by atoms with Crippen LogP contribution in [0.2, 0.25) is 0 Å². The van der Waals surface area contributed by atoms with Crippen molar-refractivity contribution in [3.05, 3.63) is 10.4 Å². The lowest BCUT2D eigenvalue weighted by Gasteiger charge is -2.18. The Balaban J connectivity index is 2.32. The largest absolute Gasteiger partial charge is 0.394 e. The predicted molar refractivity (Wildman–Crippen MR) is 78.7 cm³/mol. The number of imidazole rings is 1. The van der Waals surface area contributed by atoms with Crippen molar-refractivity contribution in [2.24, 2.45) is 0 Å². The monoisotopic (exact) mass is 361 g/mol. The molecule has 2 aromatic heterocycles. The lowest BCUT2D eigenvalue weighted by atomic mass is 10.1. The number of nitrogens with zero attached hydrogens (tertiary/aromatic N) is 3. The summed E-state index contributed by atoms with van der Waals surface area (Å²) in [5.74, 6) is -0.291. The van der Waals surface area contributed by atoms with Gasteiger partial charge in [-0.2, -0.15) is 4.98 Å². The van der Waals surface area contributed by atoms with E-state index in [9.17, 15) is 28.5 Å². The van der Waals surface area contributed by atoms with Crippen LogP contribution in [0.1, 0.15) is 6.23 Å². The highest BCUT2D eigenvalue weighted by atomic mass is 32.2. The maximum absolute atomic E-state index is 12.0. The number of hydrogen-bond acceptors (Lipinski definition) is 10. The molecule has 1 unspecified atom stereocenters. The van der Waals surface area contributed by atoms with Gasteiger partial charge in [0.25, 0.3) is 5.56 Å². The third-order valence-electron chi connectivity index (χ3n) is 3.64. The Kier molecular flexibility index (Phi) is 3.84. The average molecular weight is 361 g/mol. The summed E-state index contributed by atoms with van der Waals surface area (Å²) in [6.45, 7) is -0.605. The number of hydrogen-bond donors (Lipinski definition) is 5. The second-order valence-electron chi connectivity index (χ2n) is 5.39. The number of H-pyrrole nitrogens is 1. The van der Waals surface area contributed by atoms with Crippen molar-refractivity contribution in [1.82, 2.24) is 19.5 Å². The molecule has 0 aliphatic carbocycles. The molecule has 1 aliphatic rings. The average Bonchev–Trinajstić information content (AvgIpc) is 2.98. The number of aliphatic hydroxyl groups excluding tert-OH is 3. The second kappa shape index (κ2) is 5.49. The molecule has 0 amide bonds. The van der Waals surface area contributed by atoms with Crippen LogP contribution in [-0.4, -0.2) is 74.4 Å². The predicted octanol–water partition coefficient (Wildman–Crippen LogP) is -3.28. The molecule has 3 heterocycles. The van der Waals surface area contributed by atoms with E-state index in [-0.39, 0.29) is 17.1 Å². The summed E-state index contributed by atoms with van der Waals surface area (Å²) in [4.78, 5) is 21.7. The van der Waals surface area contributed by atoms with E-state index < -0.39 is 51.7 Å². The molecule has 3 rings (SSSR count). The smallest absolute Gasteiger partial charge is 0.280 e. The fourth-order valence-corrected chi connectivity index (χ4v) is 3.37. The maximum Gasteiger partial charge on any atom is 0.280 e. The molecule has 6 N–H and O–H groups in total. The molecular weight excluding hydrogens is 346 g/mol. The molecule has 1 saturated heterocycles. The summed E-state index contributed by atoms with van der Waals surface area (Å²) >= 11 is 0. The van der Waals surface area contributed by atoms with Crippen molar-refractivity contribution in [3.63, 3.8) is 0 Å². The summed E-state index contributed by atoms with van der Waals surface area (Å²) in [6, 6.07) is 0. The van der Waals surface area contributed by atoms with Gasteiger partial charge in [0.15, 0.2) is 17.4 Å². The summed E-state index contributed by atoms with van der Waals surface area (Å²) in [6.07, 6.45) is -4.77. The number of sulfone groups is 1. The van der Waals surface area contributed by atoms with Gasteiger partial charge in [0.05, 0.1) is 6.61 Å². The van der Waals surface area contributed by atoms with Crippen LogP contribution >= 0.6 is 0 Å². The molecule has 0 spiro atoms. The molecule has 0 saturated carbocycles. The first-order valence-corrected chi connectivity index (χ1v) is 8.64. The minimum Gasteiger partial charge on any atom is -0.394 e. The highest BCUT2D eigenvalue weighted by Gasteiger charge is 2.45. The number of nitrogens with one attached hydrogen (secondary N) is 1. The number of rotatable bonds is 3. The Morgan fingerprint density at radius 1 is 1.33 bits per heavy atom. The zero-order valence-corrected chi connectivity index (χ0v) is 13.1. The van der Waals surface area contributed by atoms with Gasteiger partial charge in [-0.3, -0.25) is 14.3 Å². The Hall–Kier alpha value is -2.06. The van der Waals surface area contributed by atoms with Crippen molar-refractivity contribution >= 4 is 26.9 Å². The molecule has 0 aromatic carbocycles. The quantitative estimate of drug-likeness (QED) is 0.370. The normalized spacial score (nSPS) is 27.8. The Morgan fingerprint density at radius 3 is 2.54 bits per heavy atom. The molecule has 0 radical (unpaired) electrons. The van der Waals surface area contributed by atoms with Gasteiger partial charge in [0.1, 0.15) is 18.3 Å². The Labute approximate surface area is 134 Å². The van der Waals surface area contributed by atoms with Gasteiger partial charge in [-0.15, -0.1) is 0 Å². The highest BCUT2D eigenvalue weighted by molar-refractivity contribution is 7.90. The summed E-state index contributed by atoms with van der Waals surface area (Å²) < 4.78 is 30.2. The number of nitrogens with two attached hydrogens (primary N) is 1. The van der Waals surface area contributed by atoms with Gasteiger partial charge >= 0.3 is 0 Å². The summed E-state index contributed by atoms with van der Waals surface area (Å²) in [5, 5.41) is 28.6. The SMILES string of the molecule is CS(=O)(=O)c1nc2c(=O)[nH]c(N)nc2n1C1O[C@H](CO)[C@@H](O)[C@H]1O. The van der Waals surface area contributed by atoms with Gasteiger partial charge in [-0.1, -0.05) is 0 Å². The standard InChI is InChI=1S/C11H15N5O7S/c1-24(21,22)11-13-4-7(14-10(12)15-8(4)20)16(11)9-6(19)5(18)3(2-17)23-9/h3,5-6,9,17-19H,2H2,1H3,(H3,12,14,15,20)/t3-,5-,6-,9?/m1/s1. The fraction of sp³-hybridized carbons (Fsp3) is 0.545. The number of aromatic nitrogens is 4. The van der Waals surface area contributed by atoms with E-state index in [1.54, 1.807) is 0 Å². The van der Waals surface area contributed by atoms with Crippen molar-refractivity contribution < 1.29 is 28.5 Å². The number of anilines is 1. The molecular formula is C11H15N5O7S. The lowest BCUT2D eigenvalue weighted by Crippen LogP contribution is -2.33. The van der Waals surface area contributed by atoms with E-state index in [1.165, 1.54) is 0 Å². The van der Waals surface area contributed by atoms with Crippen LogP contribution in [0.3, 0.4) is 0 Å². The fourth-order valence-electron chi connectivity index (χ4n) is 2.57. The maximum atomic E-state index is 12.0. The topological polar surface area (TPSA) is 194 Å². The van der Waals surface area contributed by atoms with Gasteiger partial charge < -0.3 is 25.8 Å². The third kappa shape index (κ3) is 2.46. The van der Waals surface area contributed by atoms with E-state index in [1.807, 2.05) is 0 Å². The molecule has 1 aliphatic heterocycles. The molecule has 2 aromatic rings. The summed E-state index contributed by atoms with van der Waals surface area (Å²) in [7, 11) is -3.94. The van der Waals surface area contributed by atoms with Crippen LogP contribution in [0, 0.1) is 0 Å². The van der Waals surface area contributed by atoms with Crippen LogP contribution in [0.25, 0.3) is 11.2 Å². The molecule has 4 atom stereocenters. The van der Waals surface area contributed by atoms with E-state index in [0.717, 1.165) is 10.8 Å². The van der Waals surface area contributed by atoms with Crippen LogP contribution in [0.15, 0.2) is 9.95 Å². The van der Waals surface area contributed by atoms with Gasteiger partial charge in [0.2, 0.25) is 20.9 Å². The van der Waals surface area contributed by atoms with Crippen molar-refractivity contribution in [2.75, 3.05) is 18.6 Å². The molecule has 1 fully saturated rings. The molecule has 132 valence electrons. The van der Waals surface area contributed by atoms with E-state index >= 15 is 0 Å². The Morgan fingerprint density at radius 2 is 2.00 bits per heavy atom. The second-order valence-corrected chi connectivity index (χ2v) is 7.30. The molecule has 12 nitrogen and oxygen atoms in total. The van der Waals surface area contributed by atoms with Crippen molar-refractivity contribution in [2.45, 2.75) is 29.7 Å². The van der Waals surface area contributed by atoms with Gasteiger partial charge in [-0.05, 0) is 0 Å². The van der Waals surface area contributed by atoms with Gasteiger partial charge in [0, 0.05) is 6.26 Å². The van der Waals surface area contributed by atoms with E-state index in [0.29, 0.717) is 0 Å². The first kappa shape index (κ1) is 16.8. The first-order valence-electron chi connectivity index (χ1n) is 6.75. The number of ether oxygens (including phenoxy) is 1. The molecule has 24 heavy (non-hydrogen) atoms. The minimum atomic E-state index is -3.94. The van der Waals surface area contributed by atoms with E-state index in [4.69, 9.17) is 10.5 Å². The minimum absolute atomic E-state index is 0.230. The third-order valence-corrected chi connectivity index (χ3v) is 4.59. The molecule has 13 heteroatoms. The summed E-state index contributed by atoms with van der Waals surface area (Å²) in [5.41, 5.74) is 4.16. The lowest BCUT2D eigenvalue weighted by molar-refractivity contribution is -0.0550. The Bertz CT molecular complexity index is 952. The zero-order chi connectivity index (χ0) is 17.8.